The zero-order valence-corrected chi connectivity index (χ0v) is 12.1. The van der Waals surface area contributed by atoms with Crippen molar-refractivity contribution in [3.63, 3.8) is 0 Å². The van der Waals surface area contributed by atoms with Crippen molar-refractivity contribution in [3.05, 3.63) is 28.2 Å². The normalized spacial score (nSPS) is 11.9. The Morgan fingerprint density at radius 3 is 2.68 bits per heavy atom. The molecular weight excluding hydrogens is 314 g/mol. The van der Waals surface area contributed by atoms with Gasteiger partial charge in [0.2, 0.25) is 0 Å². The summed E-state index contributed by atoms with van der Waals surface area (Å²) < 4.78 is 0.526. The molecule has 1 unspecified atom stereocenters. The number of rotatable bonds is 6. The molecule has 1 atom stereocenters. The lowest BCUT2D eigenvalue weighted by molar-refractivity contribution is -0.137. The minimum absolute atomic E-state index is 0.00572. The van der Waals surface area contributed by atoms with Crippen molar-refractivity contribution in [1.29, 1.82) is 0 Å². The summed E-state index contributed by atoms with van der Waals surface area (Å²) >= 11 is 3.14. The largest absolute Gasteiger partial charge is 0.507 e. The van der Waals surface area contributed by atoms with Gasteiger partial charge in [0.1, 0.15) is 5.75 Å². The minimum atomic E-state index is -0.837. The molecule has 0 radical (unpaired) electrons. The number of carboxylic acid groups (broad SMARTS) is 1. The molecule has 104 valence electrons. The van der Waals surface area contributed by atoms with Gasteiger partial charge in [-0.05, 0) is 53.9 Å². The summed E-state index contributed by atoms with van der Waals surface area (Å²) in [6.45, 7) is 1.82. The van der Waals surface area contributed by atoms with Crippen LogP contribution >= 0.6 is 15.9 Å². The summed E-state index contributed by atoms with van der Waals surface area (Å²) in [4.78, 5) is 22.2. The van der Waals surface area contributed by atoms with E-state index in [2.05, 4.69) is 21.2 Å². The zero-order valence-electron chi connectivity index (χ0n) is 10.5. The van der Waals surface area contributed by atoms with E-state index in [0.29, 0.717) is 22.9 Å². The highest BCUT2D eigenvalue weighted by molar-refractivity contribution is 9.10. The summed E-state index contributed by atoms with van der Waals surface area (Å²) in [6, 6.07) is 4.46. The summed E-state index contributed by atoms with van der Waals surface area (Å²) in [5.41, 5.74) is 0.366. The van der Waals surface area contributed by atoms with Gasteiger partial charge in [0.05, 0.1) is 4.47 Å². The average Bonchev–Trinajstić information content (AvgIpc) is 2.32. The number of carbonyl (C=O) groups excluding carboxylic acids is 1. The fourth-order valence-electron chi connectivity index (χ4n) is 1.59. The van der Waals surface area contributed by atoms with Crippen LogP contribution in [0.15, 0.2) is 22.7 Å². The highest BCUT2D eigenvalue weighted by atomic mass is 79.9. The van der Waals surface area contributed by atoms with Crippen LogP contribution in [0.4, 0.5) is 0 Å². The Labute approximate surface area is 119 Å². The first-order chi connectivity index (χ1) is 8.90. The first-order valence-electron chi connectivity index (χ1n) is 5.91. The lowest BCUT2D eigenvalue weighted by atomic mass is 10.1. The van der Waals surface area contributed by atoms with Gasteiger partial charge >= 0.3 is 5.97 Å². The number of amides is 1. The number of benzene rings is 1. The molecule has 0 aliphatic carbocycles. The van der Waals surface area contributed by atoms with Gasteiger partial charge in [0.15, 0.2) is 0 Å². The maximum atomic E-state index is 11.9. The quantitative estimate of drug-likeness (QED) is 0.748. The SMILES string of the molecule is CC(CCCC(=O)O)NC(=O)c1ccc(Br)c(O)c1. The van der Waals surface area contributed by atoms with Gasteiger partial charge in [0, 0.05) is 18.0 Å². The van der Waals surface area contributed by atoms with E-state index in [-0.39, 0.29) is 24.1 Å². The Morgan fingerprint density at radius 1 is 1.42 bits per heavy atom. The maximum Gasteiger partial charge on any atom is 0.303 e. The number of hydrogen-bond acceptors (Lipinski definition) is 3. The summed E-state index contributed by atoms with van der Waals surface area (Å²) in [6.07, 6.45) is 1.21. The van der Waals surface area contributed by atoms with Crippen molar-refractivity contribution < 1.29 is 19.8 Å². The average molecular weight is 330 g/mol. The zero-order chi connectivity index (χ0) is 14.4. The molecule has 0 spiro atoms. The third kappa shape index (κ3) is 5.30. The van der Waals surface area contributed by atoms with Crippen LogP contribution in [0, 0.1) is 0 Å². The number of phenolic OH excluding ortho intramolecular Hbond substituents is 1. The maximum absolute atomic E-state index is 11.9. The third-order valence-electron chi connectivity index (χ3n) is 2.61. The molecule has 6 heteroatoms. The van der Waals surface area contributed by atoms with Gasteiger partial charge in [-0.2, -0.15) is 0 Å². The fourth-order valence-corrected chi connectivity index (χ4v) is 1.84. The monoisotopic (exact) mass is 329 g/mol. The fraction of sp³-hybridized carbons (Fsp3) is 0.385. The van der Waals surface area contributed by atoms with Crippen LogP contribution in [-0.4, -0.2) is 28.1 Å². The third-order valence-corrected chi connectivity index (χ3v) is 3.28. The Kier molecular flexibility index (Phi) is 5.82. The number of hydrogen-bond donors (Lipinski definition) is 3. The lowest BCUT2D eigenvalue weighted by Crippen LogP contribution is -2.32. The molecule has 1 aromatic rings. The molecule has 1 amide bonds. The lowest BCUT2D eigenvalue weighted by Gasteiger charge is -2.13. The van der Waals surface area contributed by atoms with Crippen LogP contribution in [0.1, 0.15) is 36.5 Å². The second-order valence-electron chi connectivity index (χ2n) is 4.33. The summed E-state index contributed by atoms with van der Waals surface area (Å²) in [5, 5.41) is 20.8. The highest BCUT2D eigenvalue weighted by Gasteiger charge is 2.11. The molecule has 3 N–H and O–H groups in total. The molecular formula is C13H16BrNO4. The minimum Gasteiger partial charge on any atom is -0.507 e. The van der Waals surface area contributed by atoms with E-state index in [1.165, 1.54) is 6.07 Å². The van der Waals surface area contributed by atoms with E-state index in [1.54, 1.807) is 12.1 Å². The van der Waals surface area contributed by atoms with Crippen LogP contribution in [-0.2, 0) is 4.79 Å². The van der Waals surface area contributed by atoms with Crippen molar-refractivity contribution in [2.24, 2.45) is 0 Å². The molecule has 1 aromatic carbocycles. The second-order valence-corrected chi connectivity index (χ2v) is 5.18. The van der Waals surface area contributed by atoms with E-state index >= 15 is 0 Å². The number of halogens is 1. The molecule has 0 bridgehead atoms. The van der Waals surface area contributed by atoms with E-state index < -0.39 is 5.97 Å². The van der Waals surface area contributed by atoms with Crippen molar-refractivity contribution in [2.75, 3.05) is 0 Å². The van der Waals surface area contributed by atoms with Gasteiger partial charge in [-0.15, -0.1) is 0 Å². The predicted octanol–water partition coefficient (Wildman–Crippen LogP) is 2.53. The predicted molar refractivity (Wildman–Crippen MR) is 74.2 cm³/mol. The van der Waals surface area contributed by atoms with Crippen molar-refractivity contribution in [3.8, 4) is 5.75 Å². The van der Waals surface area contributed by atoms with E-state index in [0.717, 1.165) is 0 Å². The van der Waals surface area contributed by atoms with E-state index in [9.17, 15) is 14.7 Å². The number of phenols is 1. The van der Waals surface area contributed by atoms with Crippen LogP contribution in [0.25, 0.3) is 0 Å². The Bertz CT molecular complexity index is 476. The molecule has 19 heavy (non-hydrogen) atoms. The molecule has 0 aliphatic heterocycles. The van der Waals surface area contributed by atoms with Crippen LogP contribution < -0.4 is 5.32 Å². The molecule has 0 aliphatic rings. The van der Waals surface area contributed by atoms with Gasteiger partial charge in [0.25, 0.3) is 5.91 Å². The number of carboxylic acids is 1. The van der Waals surface area contributed by atoms with Crippen LogP contribution in [0.5, 0.6) is 5.75 Å². The first kappa shape index (κ1) is 15.5. The molecule has 0 saturated carbocycles. The van der Waals surface area contributed by atoms with E-state index in [1.807, 2.05) is 6.92 Å². The highest BCUT2D eigenvalue weighted by Crippen LogP contribution is 2.24. The van der Waals surface area contributed by atoms with Gasteiger partial charge in [-0.25, -0.2) is 0 Å². The smallest absolute Gasteiger partial charge is 0.303 e. The van der Waals surface area contributed by atoms with Crippen molar-refractivity contribution >= 4 is 27.8 Å². The molecule has 0 saturated heterocycles. The number of aromatic hydroxyl groups is 1. The van der Waals surface area contributed by atoms with Gasteiger partial charge in [-0.1, -0.05) is 0 Å². The molecule has 0 aromatic heterocycles. The van der Waals surface area contributed by atoms with Crippen LogP contribution in [0.2, 0.25) is 0 Å². The van der Waals surface area contributed by atoms with Crippen LogP contribution in [0.3, 0.4) is 0 Å². The Hall–Kier alpha value is -1.56. The molecule has 0 fully saturated rings. The van der Waals surface area contributed by atoms with Crippen molar-refractivity contribution in [1.82, 2.24) is 5.32 Å². The topological polar surface area (TPSA) is 86.6 Å². The Balaban J connectivity index is 2.49. The number of carbonyl (C=O) groups is 2. The number of nitrogens with one attached hydrogen (secondary N) is 1. The molecule has 0 heterocycles. The first-order valence-corrected chi connectivity index (χ1v) is 6.70. The standard InChI is InChI=1S/C13H16BrNO4/c1-8(3-2-4-12(17)18)15-13(19)9-5-6-10(14)11(16)7-9/h5-8,16H,2-4H2,1H3,(H,15,19)(H,17,18). The molecule has 5 nitrogen and oxygen atoms in total. The molecule has 1 rings (SSSR count). The summed E-state index contributed by atoms with van der Waals surface area (Å²) in [5.74, 6) is -1.12. The second kappa shape index (κ2) is 7.13. The van der Waals surface area contributed by atoms with Crippen molar-refractivity contribution in [2.45, 2.75) is 32.2 Å². The Morgan fingerprint density at radius 2 is 2.11 bits per heavy atom. The number of aliphatic carboxylic acids is 1. The van der Waals surface area contributed by atoms with E-state index in [4.69, 9.17) is 5.11 Å². The summed E-state index contributed by atoms with van der Waals surface area (Å²) in [7, 11) is 0. The van der Waals surface area contributed by atoms with Gasteiger partial charge < -0.3 is 15.5 Å². The van der Waals surface area contributed by atoms with Gasteiger partial charge in [-0.3, -0.25) is 9.59 Å².